The lowest BCUT2D eigenvalue weighted by Gasteiger charge is -2.07. The first-order chi connectivity index (χ1) is 8.58. The van der Waals surface area contributed by atoms with E-state index in [1.807, 2.05) is 17.9 Å². The highest BCUT2D eigenvalue weighted by Crippen LogP contribution is 2.18. The summed E-state index contributed by atoms with van der Waals surface area (Å²) in [6.45, 7) is 5.89. The van der Waals surface area contributed by atoms with Gasteiger partial charge >= 0.3 is 0 Å². The van der Waals surface area contributed by atoms with Crippen molar-refractivity contribution in [3.63, 3.8) is 0 Å². The number of nitrogens with zero attached hydrogens (tertiary/aromatic N) is 2. The molecule has 1 heterocycles. The SMILES string of the molecule is Cc1ccc(CNCc2cnn(C)c2C)c(Br)c1. The van der Waals surface area contributed by atoms with Crippen LogP contribution in [0, 0.1) is 13.8 Å². The predicted molar refractivity (Wildman–Crippen MR) is 77.4 cm³/mol. The van der Waals surface area contributed by atoms with Crippen molar-refractivity contribution in [1.82, 2.24) is 15.1 Å². The molecule has 0 amide bonds. The Balaban J connectivity index is 1.94. The lowest BCUT2D eigenvalue weighted by atomic mass is 10.1. The summed E-state index contributed by atoms with van der Waals surface area (Å²) >= 11 is 3.60. The second-order valence-corrected chi connectivity index (χ2v) is 5.43. The summed E-state index contributed by atoms with van der Waals surface area (Å²) in [4.78, 5) is 0. The molecule has 4 heteroatoms. The van der Waals surface area contributed by atoms with E-state index < -0.39 is 0 Å². The minimum atomic E-state index is 0.847. The zero-order valence-electron chi connectivity index (χ0n) is 11.0. The lowest BCUT2D eigenvalue weighted by molar-refractivity contribution is 0.683. The Morgan fingerprint density at radius 3 is 2.56 bits per heavy atom. The van der Waals surface area contributed by atoms with Crippen molar-refractivity contribution >= 4 is 15.9 Å². The molecule has 18 heavy (non-hydrogen) atoms. The first kappa shape index (κ1) is 13.3. The fourth-order valence-corrected chi connectivity index (χ4v) is 2.48. The van der Waals surface area contributed by atoms with Crippen molar-refractivity contribution < 1.29 is 0 Å². The largest absolute Gasteiger partial charge is 0.308 e. The highest BCUT2D eigenvalue weighted by Gasteiger charge is 2.04. The molecule has 0 fully saturated rings. The molecule has 0 radical (unpaired) electrons. The standard InChI is InChI=1S/C14H18BrN3/c1-10-4-5-12(14(15)6-10)7-16-8-13-9-17-18(3)11(13)2/h4-6,9,16H,7-8H2,1-3H3. The van der Waals surface area contributed by atoms with Crippen LogP contribution in [0.1, 0.15) is 22.4 Å². The quantitative estimate of drug-likeness (QED) is 0.940. The van der Waals surface area contributed by atoms with Crippen LogP contribution in [-0.4, -0.2) is 9.78 Å². The molecule has 0 aliphatic rings. The number of nitrogens with one attached hydrogen (secondary N) is 1. The third kappa shape index (κ3) is 3.00. The Labute approximate surface area is 116 Å². The fourth-order valence-electron chi connectivity index (χ4n) is 1.85. The maximum atomic E-state index is 4.24. The fraction of sp³-hybridized carbons (Fsp3) is 0.357. The third-order valence-electron chi connectivity index (χ3n) is 3.18. The maximum absolute atomic E-state index is 4.24. The van der Waals surface area contributed by atoms with E-state index in [2.05, 4.69) is 58.4 Å². The molecule has 2 aromatic rings. The molecule has 3 nitrogen and oxygen atoms in total. The molecule has 0 unspecified atom stereocenters. The molecule has 1 aromatic heterocycles. The highest BCUT2D eigenvalue weighted by molar-refractivity contribution is 9.10. The van der Waals surface area contributed by atoms with Gasteiger partial charge in [0.2, 0.25) is 0 Å². The van der Waals surface area contributed by atoms with E-state index in [4.69, 9.17) is 0 Å². The molecule has 0 aliphatic heterocycles. The van der Waals surface area contributed by atoms with Gasteiger partial charge in [-0.15, -0.1) is 0 Å². The Kier molecular flexibility index (Phi) is 4.19. The van der Waals surface area contributed by atoms with E-state index >= 15 is 0 Å². The average Bonchev–Trinajstić information content (AvgIpc) is 2.64. The smallest absolute Gasteiger partial charge is 0.0537 e. The van der Waals surface area contributed by atoms with E-state index in [9.17, 15) is 0 Å². The van der Waals surface area contributed by atoms with Crippen LogP contribution in [0.3, 0.4) is 0 Å². The summed E-state index contributed by atoms with van der Waals surface area (Å²) in [6.07, 6.45) is 1.92. The molecule has 0 saturated heterocycles. The molecule has 96 valence electrons. The van der Waals surface area contributed by atoms with Crippen LogP contribution in [0.5, 0.6) is 0 Å². The van der Waals surface area contributed by atoms with Crippen molar-refractivity contribution in [3.05, 3.63) is 51.3 Å². The van der Waals surface area contributed by atoms with Gasteiger partial charge in [-0.1, -0.05) is 28.1 Å². The highest BCUT2D eigenvalue weighted by atomic mass is 79.9. The molecule has 0 saturated carbocycles. The summed E-state index contributed by atoms with van der Waals surface area (Å²) in [6, 6.07) is 6.44. The number of aryl methyl sites for hydroxylation is 2. The van der Waals surface area contributed by atoms with Crippen molar-refractivity contribution in [3.8, 4) is 0 Å². The van der Waals surface area contributed by atoms with E-state index in [1.165, 1.54) is 22.4 Å². The Hall–Kier alpha value is -1.13. The van der Waals surface area contributed by atoms with Gasteiger partial charge in [0.15, 0.2) is 0 Å². The van der Waals surface area contributed by atoms with Crippen LogP contribution in [0.2, 0.25) is 0 Å². The summed E-state index contributed by atoms with van der Waals surface area (Å²) in [5.41, 5.74) is 5.02. The first-order valence-electron chi connectivity index (χ1n) is 6.01. The van der Waals surface area contributed by atoms with Crippen LogP contribution in [0.25, 0.3) is 0 Å². The minimum absolute atomic E-state index is 0.847. The predicted octanol–water partition coefficient (Wildman–Crippen LogP) is 3.09. The van der Waals surface area contributed by atoms with Crippen LogP contribution in [0.4, 0.5) is 0 Å². The molecular formula is C14H18BrN3. The van der Waals surface area contributed by atoms with Gasteiger partial charge in [-0.25, -0.2) is 0 Å². The van der Waals surface area contributed by atoms with Crippen molar-refractivity contribution in [2.24, 2.45) is 7.05 Å². The van der Waals surface area contributed by atoms with Crippen molar-refractivity contribution in [1.29, 1.82) is 0 Å². The summed E-state index contributed by atoms with van der Waals surface area (Å²) in [7, 11) is 1.97. The number of hydrogen-bond donors (Lipinski definition) is 1. The van der Waals surface area contributed by atoms with Crippen LogP contribution < -0.4 is 5.32 Å². The summed E-state index contributed by atoms with van der Waals surface area (Å²) in [5, 5.41) is 7.69. The van der Waals surface area contributed by atoms with E-state index in [0.717, 1.165) is 17.6 Å². The van der Waals surface area contributed by atoms with E-state index in [1.54, 1.807) is 0 Å². The van der Waals surface area contributed by atoms with Gasteiger partial charge in [-0.3, -0.25) is 4.68 Å². The van der Waals surface area contributed by atoms with Crippen LogP contribution in [-0.2, 0) is 20.1 Å². The minimum Gasteiger partial charge on any atom is -0.308 e. The average molecular weight is 308 g/mol. The van der Waals surface area contributed by atoms with Gasteiger partial charge in [0.1, 0.15) is 0 Å². The van der Waals surface area contributed by atoms with Crippen LogP contribution >= 0.6 is 15.9 Å². The molecule has 0 atom stereocenters. The number of rotatable bonds is 4. The van der Waals surface area contributed by atoms with Gasteiger partial charge in [0.05, 0.1) is 6.20 Å². The maximum Gasteiger partial charge on any atom is 0.0537 e. The normalized spacial score (nSPS) is 10.9. The van der Waals surface area contributed by atoms with E-state index in [-0.39, 0.29) is 0 Å². The lowest BCUT2D eigenvalue weighted by Crippen LogP contribution is -2.13. The number of hydrogen-bond acceptors (Lipinski definition) is 2. The monoisotopic (exact) mass is 307 g/mol. The topological polar surface area (TPSA) is 29.9 Å². The second-order valence-electron chi connectivity index (χ2n) is 4.58. The molecule has 0 spiro atoms. The molecule has 2 rings (SSSR count). The van der Waals surface area contributed by atoms with E-state index in [0.29, 0.717) is 0 Å². The number of aromatic nitrogens is 2. The zero-order valence-corrected chi connectivity index (χ0v) is 12.6. The van der Waals surface area contributed by atoms with Gasteiger partial charge < -0.3 is 5.32 Å². The van der Waals surface area contributed by atoms with Crippen LogP contribution in [0.15, 0.2) is 28.9 Å². The number of halogens is 1. The number of benzene rings is 1. The molecular weight excluding hydrogens is 290 g/mol. The van der Waals surface area contributed by atoms with Crippen molar-refractivity contribution in [2.75, 3.05) is 0 Å². The van der Waals surface area contributed by atoms with Gasteiger partial charge in [-0.05, 0) is 31.0 Å². The third-order valence-corrected chi connectivity index (χ3v) is 3.91. The Morgan fingerprint density at radius 1 is 1.22 bits per heavy atom. The summed E-state index contributed by atoms with van der Waals surface area (Å²) in [5.74, 6) is 0. The first-order valence-corrected chi connectivity index (χ1v) is 6.80. The van der Waals surface area contributed by atoms with Gasteiger partial charge in [-0.2, -0.15) is 5.10 Å². The van der Waals surface area contributed by atoms with Gasteiger partial charge in [0.25, 0.3) is 0 Å². The Morgan fingerprint density at radius 2 is 1.94 bits per heavy atom. The molecule has 0 aliphatic carbocycles. The summed E-state index contributed by atoms with van der Waals surface area (Å²) < 4.78 is 3.07. The van der Waals surface area contributed by atoms with Gasteiger partial charge in [0, 0.05) is 35.9 Å². The zero-order chi connectivity index (χ0) is 13.1. The second kappa shape index (κ2) is 5.67. The Bertz CT molecular complexity index is 546. The molecule has 0 bridgehead atoms. The molecule has 1 N–H and O–H groups in total. The van der Waals surface area contributed by atoms with Crippen molar-refractivity contribution in [2.45, 2.75) is 26.9 Å². The molecule has 1 aromatic carbocycles.